The van der Waals surface area contributed by atoms with E-state index in [1.54, 1.807) is 24.4 Å². The van der Waals surface area contributed by atoms with E-state index in [1.165, 1.54) is 0 Å². The quantitative estimate of drug-likeness (QED) is 0.550. The van der Waals surface area contributed by atoms with Gasteiger partial charge in [-0.25, -0.2) is 9.36 Å². The maximum atomic E-state index is 12.7. The Hall–Kier alpha value is -4.00. The van der Waals surface area contributed by atoms with Gasteiger partial charge in [0, 0.05) is 11.9 Å². The van der Waals surface area contributed by atoms with Gasteiger partial charge in [-0.1, -0.05) is 59.8 Å². The van der Waals surface area contributed by atoms with Crippen LogP contribution in [0.1, 0.15) is 11.1 Å². The Kier molecular flexibility index (Phi) is 5.29. The Bertz CT molecular complexity index is 1170. The van der Waals surface area contributed by atoms with Crippen LogP contribution in [0.4, 0.5) is 5.69 Å². The fourth-order valence-electron chi connectivity index (χ4n) is 3.03. The number of aromatic nitrogens is 3. The summed E-state index contributed by atoms with van der Waals surface area (Å²) in [6, 6.07) is 22.8. The zero-order valence-corrected chi connectivity index (χ0v) is 15.5. The highest BCUT2D eigenvalue weighted by Crippen LogP contribution is 2.19. The van der Waals surface area contributed by atoms with E-state index < -0.39 is 5.76 Å². The summed E-state index contributed by atoms with van der Waals surface area (Å²) >= 11 is 0. The third kappa shape index (κ3) is 4.30. The summed E-state index contributed by atoms with van der Waals surface area (Å²) in [6.07, 6.45) is 2.27. The van der Waals surface area contributed by atoms with E-state index in [1.807, 2.05) is 54.6 Å². The molecule has 0 bridgehead atoms. The lowest BCUT2D eigenvalue weighted by molar-refractivity contribution is -0.116. The summed E-state index contributed by atoms with van der Waals surface area (Å²) in [7, 11) is 0. The van der Waals surface area contributed by atoms with Crippen molar-refractivity contribution in [2.24, 2.45) is 0 Å². The van der Waals surface area contributed by atoms with Crippen molar-refractivity contribution in [1.29, 1.82) is 0 Å². The molecule has 0 aliphatic heterocycles. The second-order valence-electron chi connectivity index (χ2n) is 6.44. The largest absolute Gasteiger partial charge is 0.442 e. The second-order valence-corrected chi connectivity index (χ2v) is 6.44. The molecule has 0 unspecified atom stereocenters. The smallest absolute Gasteiger partial charge is 0.324 e. The van der Waals surface area contributed by atoms with E-state index in [9.17, 15) is 9.59 Å². The fraction of sp³-hybridized carbons (Fsp3) is 0.0909. The lowest BCUT2D eigenvalue weighted by atomic mass is 10.0. The Morgan fingerprint density at radius 2 is 1.72 bits per heavy atom. The average molecular weight is 386 g/mol. The molecule has 4 rings (SSSR count). The molecule has 2 aromatic carbocycles. The van der Waals surface area contributed by atoms with Crippen LogP contribution < -0.4 is 11.1 Å². The van der Waals surface area contributed by atoms with Gasteiger partial charge in [-0.15, -0.1) is 0 Å². The molecular weight excluding hydrogens is 368 g/mol. The van der Waals surface area contributed by atoms with Crippen LogP contribution in [0.5, 0.6) is 0 Å². The Balaban J connectivity index is 1.53. The van der Waals surface area contributed by atoms with E-state index in [-0.39, 0.29) is 18.3 Å². The van der Waals surface area contributed by atoms with Gasteiger partial charge < -0.3 is 5.32 Å². The van der Waals surface area contributed by atoms with Crippen LogP contribution in [0.2, 0.25) is 0 Å². The first-order valence-corrected chi connectivity index (χ1v) is 9.10. The molecule has 7 nitrogen and oxygen atoms in total. The number of pyridine rings is 1. The van der Waals surface area contributed by atoms with Crippen molar-refractivity contribution in [2.45, 2.75) is 13.0 Å². The monoisotopic (exact) mass is 386 g/mol. The summed E-state index contributed by atoms with van der Waals surface area (Å²) < 4.78 is 5.91. The molecule has 2 heterocycles. The van der Waals surface area contributed by atoms with Crippen LogP contribution in [-0.2, 0) is 17.8 Å². The minimum absolute atomic E-state index is 0.211. The number of carbonyl (C=O) groups excluding carboxylic acids is 1. The standard InChI is InChI=1S/C22H18N4O3/c27-20(15-26-21(25-29-22(26)28)19-12-6-7-13-23-19)24-18-11-5-4-10-17(18)14-16-8-2-1-3-9-16/h1-13H,14-15H2,(H,24,27). The number of hydrogen-bond donors (Lipinski definition) is 1. The highest BCUT2D eigenvalue weighted by Gasteiger charge is 2.17. The van der Waals surface area contributed by atoms with Gasteiger partial charge in [0.2, 0.25) is 11.7 Å². The average Bonchev–Trinajstić information content (AvgIpc) is 3.11. The number of anilines is 1. The first-order valence-electron chi connectivity index (χ1n) is 9.10. The number of nitrogens with one attached hydrogen (secondary N) is 1. The maximum absolute atomic E-state index is 12.7. The fourth-order valence-corrected chi connectivity index (χ4v) is 3.03. The molecular formula is C22H18N4O3. The lowest BCUT2D eigenvalue weighted by Crippen LogP contribution is -2.26. The summed E-state index contributed by atoms with van der Waals surface area (Å²) in [4.78, 5) is 28.9. The highest BCUT2D eigenvalue weighted by molar-refractivity contribution is 5.91. The van der Waals surface area contributed by atoms with Gasteiger partial charge in [-0.05, 0) is 35.7 Å². The van der Waals surface area contributed by atoms with Crippen LogP contribution in [0.3, 0.4) is 0 Å². The molecule has 7 heteroatoms. The number of benzene rings is 2. The van der Waals surface area contributed by atoms with Crippen molar-refractivity contribution in [3.8, 4) is 11.5 Å². The first-order chi connectivity index (χ1) is 14.2. The summed E-state index contributed by atoms with van der Waals surface area (Å²) in [5.41, 5.74) is 3.28. The molecule has 0 radical (unpaired) electrons. The summed E-state index contributed by atoms with van der Waals surface area (Å²) in [5, 5.41) is 6.64. The number of hydrogen-bond acceptors (Lipinski definition) is 5. The third-order valence-electron chi connectivity index (χ3n) is 4.41. The van der Waals surface area contributed by atoms with E-state index in [0.29, 0.717) is 17.8 Å². The number of nitrogens with zero attached hydrogens (tertiary/aromatic N) is 3. The molecule has 0 saturated carbocycles. The van der Waals surface area contributed by atoms with Crippen molar-refractivity contribution >= 4 is 11.6 Å². The van der Waals surface area contributed by atoms with E-state index in [4.69, 9.17) is 4.52 Å². The lowest BCUT2D eigenvalue weighted by Gasteiger charge is -2.11. The Morgan fingerprint density at radius 3 is 2.52 bits per heavy atom. The zero-order valence-electron chi connectivity index (χ0n) is 15.5. The number of para-hydroxylation sites is 1. The highest BCUT2D eigenvalue weighted by atomic mass is 16.5. The van der Waals surface area contributed by atoms with Crippen molar-refractivity contribution in [3.05, 3.63) is 101 Å². The minimum Gasteiger partial charge on any atom is -0.324 e. The van der Waals surface area contributed by atoms with Gasteiger partial charge in [-0.2, -0.15) is 0 Å². The molecule has 0 atom stereocenters. The van der Waals surface area contributed by atoms with Gasteiger partial charge >= 0.3 is 5.76 Å². The normalized spacial score (nSPS) is 10.6. The van der Waals surface area contributed by atoms with Gasteiger partial charge in [-0.3, -0.25) is 14.3 Å². The topological polar surface area (TPSA) is 90.0 Å². The summed E-state index contributed by atoms with van der Waals surface area (Å²) in [6.45, 7) is -0.228. The van der Waals surface area contributed by atoms with E-state index in [0.717, 1.165) is 15.7 Å². The molecule has 2 aromatic heterocycles. The van der Waals surface area contributed by atoms with Crippen LogP contribution >= 0.6 is 0 Å². The molecule has 0 aliphatic rings. The van der Waals surface area contributed by atoms with Gasteiger partial charge in [0.25, 0.3) is 0 Å². The molecule has 0 fully saturated rings. The van der Waals surface area contributed by atoms with Crippen LogP contribution in [-0.4, -0.2) is 20.6 Å². The molecule has 4 aromatic rings. The van der Waals surface area contributed by atoms with Crippen molar-refractivity contribution < 1.29 is 9.32 Å². The van der Waals surface area contributed by atoms with E-state index in [2.05, 4.69) is 15.5 Å². The van der Waals surface area contributed by atoms with E-state index >= 15 is 0 Å². The number of carbonyl (C=O) groups is 1. The van der Waals surface area contributed by atoms with Gasteiger partial charge in [0.05, 0.1) is 0 Å². The molecule has 144 valence electrons. The SMILES string of the molecule is O=C(Cn1c(-c2ccccn2)noc1=O)Nc1ccccc1Cc1ccccc1. The predicted octanol–water partition coefficient (Wildman–Crippen LogP) is 3.13. The molecule has 1 amide bonds. The maximum Gasteiger partial charge on any atom is 0.442 e. The number of rotatable bonds is 6. The molecule has 1 N–H and O–H groups in total. The van der Waals surface area contributed by atoms with Crippen molar-refractivity contribution in [3.63, 3.8) is 0 Å². The molecule has 29 heavy (non-hydrogen) atoms. The van der Waals surface area contributed by atoms with Crippen molar-refractivity contribution in [1.82, 2.24) is 14.7 Å². The van der Waals surface area contributed by atoms with Gasteiger partial charge in [0.1, 0.15) is 12.2 Å². The van der Waals surface area contributed by atoms with Crippen LogP contribution in [0.15, 0.2) is 88.3 Å². The summed E-state index contributed by atoms with van der Waals surface area (Å²) in [5.74, 6) is -0.852. The van der Waals surface area contributed by atoms with Crippen LogP contribution in [0.25, 0.3) is 11.5 Å². The van der Waals surface area contributed by atoms with Crippen LogP contribution in [0, 0.1) is 0 Å². The minimum atomic E-state index is -0.710. The molecule has 0 spiro atoms. The number of amides is 1. The molecule has 0 saturated heterocycles. The third-order valence-corrected chi connectivity index (χ3v) is 4.41. The second kappa shape index (κ2) is 8.35. The zero-order chi connectivity index (χ0) is 20.1. The predicted molar refractivity (Wildman–Crippen MR) is 108 cm³/mol. The molecule has 0 aliphatic carbocycles. The van der Waals surface area contributed by atoms with Gasteiger partial charge in [0.15, 0.2) is 0 Å². The van der Waals surface area contributed by atoms with Crippen molar-refractivity contribution in [2.75, 3.05) is 5.32 Å². The Morgan fingerprint density at radius 1 is 0.966 bits per heavy atom. The first kappa shape index (κ1) is 18.4. The Labute approximate surface area is 166 Å².